The maximum absolute atomic E-state index is 10.9. The first-order chi connectivity index (χ1) is 8.13. The van der Waals surface area contributed by atoms with Crippen LogP contribution in [-0.4, -0.2) is 40.1 Å². The van der Waals surface area contributed by atoms with Gasteiger partial charge in [-0.2, -0.15) is 0 Å². The smallest absolute Gasteiger partial charge is 0.223 e. The van der Waals surface area contributed by atoms with Crippen molar-refractivity contribution in [3.8, 4) is 0 Å². The van der Waals surface area contributed by atoms with Crippen molar-refractivity contribution in [3.63, 3.8) is 0 Å². The number of aliphatic hydroxyl groups is 1. The van der Waals surface area contributed by atoms with Gasteiger partial charge in [0.2, 0.25) is 5.91 Å². The van der Waals surface area contributed by atoms with Crippen LogP contribution in [0.3, 0.4) is 0 Å². The highest BCUT2D eigenvalue weighted by Crippen LogP contribution is 2.18. The Balaban J connectivity index is 1.86. The maximum atomic E-state index is 10.9. The van der Waals surface area contributed by atoms with E-state index < -0.39 is 0 Å². The zero-order valence-corrected chi connectivity index (χ0v) is 10.7. The van der Waals surface area contributed by atoms with E-state index in [-0.39, 0.29) is 12.0 Å². The fourth-order valence-electron chi connectivity index (χ4n) is 1.89. The molecule has 1 amide bonds. The molecule has 0 radical (unpaired) electrons. The number of piperidine rings is 1. The summed E-state index contributed by atoms with van der Waals surface area (Å²) in [5.74, 6) is -0.0907. The molecule has 1 saturated heterocycles. The topological polar surface area (TPSA) is 65.5 Å². The summed E-state index contributed by atoms with van der Waals surface area (Å²) in [6.07, 6.45) is 1.53. The zero-order chi connectivity index (χ0) is 12.3. The summed E-state index contributed by atoms with van der Waals surface area (Å²) in [5.41, 5.74) is 0.982. The maximum Gasteiger partial charge on any atom is 0.223 e. The minimum absolute atomic E-state index is 0.0907. The van der Waals surface area contributed by atoms with Crippen molar-refractivity contribution in [3.05, 3.63) is 11.1 Å². The van der Waals surface area contributed by atoms with Crippen molar-refractivity contribution in [1.29, 1.82) is 0 Å². The van der Waals surface area contributed by atoms with Gasteiger partial charge in [0, 0.05) is 31.9 Å². The van der Waals surface area contributed by atoms with E-state index in [1.807, 2.05) is 5.38 Å². The second-order valence-electron chi connectivity index (χ2n) is 4.33. The molecular weight excluding hydrogens is 238 g/mol. The molecule has 0 unspecified atom stereocenters. The lowest BCUT2D eigenvalue weighted by atomic mass is 10.1. The van der Waals surface area contributed by atoms with E-state index in [0.29, 0.717) is 5.13 Å². The third-order valence-electron chi connectivity index (χ3n) is 2.78. The van der Waals surface area contributed by atoms with Crippen molar-refractivity contribution >= 4 is 22.4 Å². The molecule has 0 aromatic carbocycles. The van der Waals surface area contributed by atoms with Gasteiger partial charge in [-0.05, 0) is 12.8 Å². The number of hydrogen-bond donors (Lipinski definition) is 2. The average Bonchev–Trinajstić information content (AvgIpc) is 2.68. The van der Waals surface area contributed by atoms with Crippen LogP contribution in [0.15, 0.2) is 5.38 Å². The minimum Gasteiger partial charge on any atom is -0.393 e. The lowest BCUT2D eigenvalue weighted by molar-refractivity contribution is -0.114. The fraction of sp³-hybridized carbons (Fsp3) is 0.636. The zero-order valence-electron chi connectivity index (χ0n) is 9.85. The van der Waals surface area contributed by atoms with Crippen molar-refractivity contribution in [2.75, 3.05) is 18.4 Å². The van der Waals surface area contributed by atoms with Gasteiger partial charge in [-0.3, -0.25) is 9.69 Å². The van der Waals surface area contributed by atoms with Gasteiger partial charge >= 0.3 is 0 Å². The van der Waals surface area contributed by atoms with Crippen LogP contribution in [0.2, 0.25) is 0 Å². The molecule has 1 aromatic heterocycles. The number of aliphatic hydroxyl groups excluding tert-OH is 1. The van der Waals surface area contributed by atoms with E-state index in [0.717, 1.165) is 38.2 Å². The number of aromatic nitrogens is 1. The molecule has 0 aliphatic carbocycles. The van der Waals surface area contributed by atoms with Gasteiger partial charge < -0.3 is 10.4 Å². The Hall–Kier alpha value is -0.980. The predicted molar refractivity (Wildman–Crippen MR) is 66.9 cm³/mol. The van der Waals surface area contributed by atoms with E-state index in [1.54, 1.807) is 0 Å². The summed E-state index contributed by atoms with van der Waals surface area (Å²) in [6, 6.07) is 0. The summed E-state index contributed by atoms with van der Waals surface area (Å²) in [6.45, 7) is 4.10. The molecule has 0 bridgehead atoms. The van der Waals surface area contributed by atoms with Crippen molar-refractivity contribution < 1.29 is 9.90 Å². The van der Waals surface area contributed by atoms with E-state index in [1.165, 1.54) is 18.3 Å². The Morgan fingerprint density at radius 2 is 2.35 bits per heavy atom. The van der Waals surface area contributed by atoms with Crippen LogP contribution in [0.5, 0.6) is 0 Å². The Labute approximate surface area is 104 Å². The first-order valence-corrected chi connectivity index (χ1v) is 6.64. The van der Waals surface area contributed by atoms with Crippen LogP contribution in [-0.2, 0) is 11.3 Å². The highest BCUT2D eigenvalue weighted by molar-refractivity contribution is 7.13. The van der Waals surface area contributed by atoms with Crippen LogP contribution < -0.4 is 5.32 Å². The first kappa shape index (κ1) is 12.5. The predicted octanol–water partition coefficient (Wildman–Crippen LogP) is 1.06. The lowest BCUT2D eigenvalue weighted by Gasteiger charge is -2.28. The molecule has 2 rings (SSSR count). The van der Waals surface area contributed by atoms with E-state index in [9.17, 15) is 9.90 Å². The van der Waals surface area contributed by atoms with Crippen LogP contribution in [0.1, 0.15) is 25.5 Å². The average molecular weight is 255 g/mol. The van der Waals surface area contributed by atoms with Gasteiger partial charge in [0.15, 0.2) is 5.13 Å². The summed E-state index contributed by atoms with van der Waals surface area (Å²) in [4.78, 5) is 17.5. The molecule has 1 aromatic rings. The Morgan fingerprint density at radius 3 is 3.00 bits per heavy atom. The highest BCUT2D eigenvalue weighted by atomic mass is 32.1. The Kier molecular flexibility index (Phi) is 4.09. The Bertz CT molecular complexity index is 386. The van der Waals surface area contributed by atoms with Gasteiger partial charge in [-0.1, -0.05) is 0 Å². The number of anilines is 1. The number of nitrogens with one attached hydrogen (secondary N) is 1. The second-order valence-corrected chi connectivity index (χ2v) is 5.19. The van der Waals surface area contributed by atoms with Crippen molar-refractivity contribution in [2.45, 2.75) is 32.4 Å². The van der Waals surface area contributed by atoms with E-state index in [2.05, 4.69) is 15.2 Å². The molecule has 6 heteroatoms. The molecule has 1 fully saturated rings. The fourth-order valence-corrected chi connectivity index (χ4v) is 2.64. The normalized spacial score (nSPS) is 18.2. The SMILES string of the molecule is CC(=O)Nc1nc(CN2CCC(O)CC2)cs1. The standard InChI is InChI=1S/C11H17N3O2S/c1-8(15)12-11-13-9(7-17-11)6-14-4-2-10(16)3-5-14/h7,10,16H,2-6H2,1H3,(H,12,13,15). The van der Waals surface area contributed by atoms with Gasteiger partial charge in [0.25, 0.3) is 0 Å². The van der Waals surface area contributed by atoms with E-state index >= 15 is 0 Å². The lowest BCUT2D eigenvalue weighted by Crippen LogP contribution is -2.35. The Morgan fingerprint density at radius 1 is 1.65 bits per heavy atom. The number of thiazole rings is 1. The number of amides is 1. The summed E-state index contributed by atoms with van der Waals surface area (Å²) < 4.78 is 0. The highest BCUT2D eigenvalue weighted by Gasteiger charge is 2.17. The number of nitrogens with zero attached hydrogens (tertiary/aromatic N) is 2. The summed E-state index contributed by atoms with van der Waals surface area (Å²) in [5, 5.41) is 14.7. The molecule has 0 spiro atoms. The monoisotopic (exact) mass is 255 g/mol. The number of likely N-dealkylation sites (tertiary alicyclic amines) is 1. The number of hydrogen-bond acceptors (Lipinski definition) is 5. The summed E-state index contributed by atoms with van der Waals surface area (Å²) >= 11 is 1.45. The first-order valence-electron chi connectivity index (χ1n) is 5.76. The van der Waals surface area contributed by atoms with Crippen LogP contribution >= 0.6 is 11.3 Å². The van der Waals surface area contributed by atoms with Gasteiger partial charge in [-0.15, -0.1) is 11.3 Å². The minimum atomic E-state index is -0.142. The summed E-state index contributed by atoms with van der Waals surface area (Å²) in [7, 11) is 0. The van der Waals surface area contributed by atoms with Gasteiger partial charge in [0.1, 0.15) is 0 Å². The van der Waals surface area contributed by atoms with Gasteiger partial charge in [0.05, 0.1) is 11.8 Å². The van der Waals surface area contributed by atoms with E-state index in [4.69, 9.17) is 0 Å². The second kappa shape index (κ2) is 5.57. The van der Waals surface area contributed by atoms with Crippen LogP contribution in [0.25, 0.3) is 0 Å². The molecule has 94 valence electrons. The quantitative estimate of drug-likeness (QED) is 0.847. The van der Waals surface area contributed by atoms with Gasteiger partial charge in [-0.25, -0.2) is 4.98 Å². The third kappa shape index (κ3) is 3.76. The number of carbonyl (C=O) groups is 1. The molecular formula is C11H17N3O2S. The van der Waals surface area contributed by atoms with Crippen LogP contribution in [0.4, 0.5) is 5.13 Å². The molecule has 1 aliphatic heterocycles. The molecule has 0 saturated carbocycles. The largest absolute Gasteiger partial charge is 0.393 e. The molecule has 0 atom stereocenters. The molecule has 17 heavy (non-hydrogen) atoms. The molecule has 2 N–H and O–H groups in total. The molecule has 2 heterocycles. The number of rotatable bonds is 3. The molecule has 1 aliphatic rings. The third-order valence-corrected chi connectivity index (χ3v) is 3.58. The van der Waals surface area contributed by atoms with Crippen LogP contribution in [0, 0.1) is 0 Å². The molecule has 5 nitrogen and oxygen atoms in total. The van der Waals surface area contributed by atoms with Crippen molar-refractivity contribution in [1.82, 2.24) is 9.88 Å². The number of carbonyl (C=O) groups excluding carboxylic acids is 1. The van der Waals surface area contributed by atoms with Crippen molar-refractivity contribution in [2.24, 2.45) is 0 Å².